The second-order valence-corrected chi connectivity index (χ2v) is 5.73. The lowest BCUT2D eigenvalue weighted by molar-refractivity contribution is -0.123. The van der Waals surface area contributed by atoms with Crippen LogP contribution in [0, 0.1) is 0 Å². The fourth-order valence-corrected chi connectivity index (χ4v) is 3.02. The van der Waals surface area contributed by atoms with Gasteiger partial charge in [0.25, 0.3) is 0 Å². The summed E-state index contributed by atoms with van der Waals surface area (Å²) >= 11 is 3.55. The average molecular weight is 330 g/mol. The topological polar surface area (TPSA) is 70.1 Å². The van der Waals surface area contributed by atoms with E-state index in [0.29, 0.717) is 26.1 Å². The van der Waals surface area contributed by atoms with Gasteiger partial charge < -0.3 is 10.5 Å². The van der Waals surface area contributed by atoms with Gasteiger partial charge in [0.1, 0.15) is 5.54 Å². The van der Waals surface area contributed by atoms with Gasteiger partial charge in [0.15, 0.2) is 5.78 Å². The second-order valence-electron chi connectivity index (χ2n) is 4.94. The number of ketones is 1. The first kappa shape index (κ1) is 14.7. The van der Waals surface area contributed by atoms with Crippen molar-refractivity contribution in [2.75, 3.05) is 13.2 Å². The molecule has 5 nitrogen and oxygen atoms in total. The molecule has 2 rings (SSSR count). The number of halogens is 1. The van der Waals surface area contributed by atoms with Gasteiger partial charge in [-0.2, -0.15) is 5.10 Å². The molecule has 0 spiro atoms. The van der Waals surface area contributed by atoms with Gasteiger partial charge in [-0.25, -0.2) is 0 Å². The number of aromatic nitrogens is 2. The van der Waals surface area contributed by atoms with E-state index < -0.39 is 5.54 Å². The molecule has 1 aliphatic heterocycles. The van der Waals surface area contributed by atoms with E-state index in [-0.39, 0.29) is 5.78 Å². The molecular formula is C13H20BrN3O2. The van der Waals surface area contributed by atoms with E-state index in [0.717, 1.165) is 28.8 Å². The molecule has 1 fully saturated rings. The summed E-state index contributed by atoms with van der Waals surface area (Å²) < 4.78 is 8.06. The summed E-state index contributed by atoms with van der Waals surface area (Å²) in [7, 11) is 0. The Kier molecular flexibility index (Phi) is 4.43. The zero-order valence-electron chi connectivity index (χ0n) is 11.4. The molecule has 1 saturated heterocycles. The number of nitrogens with zero attached hydrogens (tertiary/aromatic N) is 2. The Morgan fingerprint density at radius 1 is 1.58 bits per heavy atom. The lowest BCUT2D eigenvalue weighted by atomic mass is 9.91. The molecule has 19 heavy (non-hydrogen) atoms. The number of rotatable bonds is 5. The predicted octanol–water partition coefficient (Wildman–Crippen LogP) is 1.46. The van der Waals surface area contributed by atoms with E-state index in [9.17, 15) is 4.79 Å². The van der Waals surface area contributed by atoms with Crippen molar-refractivity contribution in [3.8, 4) is 0 Å². The van der Waals surface area contributed by atoms with Crippen LogP contribution in [0.2, 0.25) is 0 Å². The van der Waals surface area contributed by atoms with Crippen LogP contribution in [0.5, 0.6) is 0 Å². The molecule has 1 aromatic heterocycles. The summed E-state index contributed by atoms with van der Waals surface area (Å²) in [6.45, 7) is 5.70. The number of carbonyl (C=O) groups is 1. The van der Waals surface area contributed by atoms with Gasteiger partial charge in [0.05, 0.1) is 28.9 Å². The summed E-state index contributed by atoms with van der Waals surface area (Å²) in [6.07, 6.45) is 1.75. The van der Waals surface area contributed by atoms with Crippen LogP contribution >= 0.6 is 15.9 Å². The van der Waals surface area contributed by atoms with Crippen LogP contribution < -0.4 is 5.73 Å². The van der Waals surface area contributed by atoms with Gasteiger partial charge in [-0.1, -0.05) is 6.92 Å². The van der Waals surface area contributed by atoms with Crippen molar-refractivity contribution in [2.45, 2.75) is 45.2 Å². The first-order chi connectivity index (χ1) is 9.01. The van der Waals surface area contributed by atoms with Crippen molar-refractivity contribution in [1.82, 2.24) is 9.78 Å². The fourth-order valence-electron chi connectivity index (χ4n) is 2.31. The van der Waals surface area contributed by atoms with E-state index in [4.69, 9.17) is 10.5 Å². The molecule has 0 aromatic carbocycles. The minimum absolute atomic E-state index is 0.0305. The number of Topliss-reactive ketones (excluding diaryl/α,β-unsaturated/α-hetero) is 1. The Balaban J connectivity index is 2.23. The van der Waals surface area contributed by atoms with Crippen molar-refractivity contribution in [2.24, 2.45) is 5.73 Å². The first-order valence-corrected chi connectivity index (χ1v) is 7.45. The van der Waals surface area contributed by atoms with Crippen LogP contribution in [0.15, 0.2) is 4.47 Å². The summed E-state index contributed by atoms with van der Waals surface area (Å²) in [5.41, 5.74) is 7.19. The molecule has 2 N–H and O–H groups in total. The highest BCUT2D eigenvalue weighted by atomic mass is 79.9. The molecule has 1 unspecified atom stereocenters. The lowest BCUT2D eigenvalue weighted by Crippen LogP contribution is -2.49. The zero-order chi connectivity index (χ0) is 14.0. The smallest absolute Gasteiger partial charge is 0.161 e. The van der Waals surface area contributed by atoms with Crippen LogP contribution in [-0.2, 0) is 28.9 Å². The molecule has 1 aromatic rings. The SMILES string of the molecule is CCc1nn(CC)c(CC(=O)C2(N)CCOC2)c1Br. The molecule has 0 aliphatic carbocycles. The molecule has 0 amide bonds. The zero-order valence-corrected chi connectivity index (χ0v) is 13.0. The number of hydrogen-bond acceptors (Lipinski definition) is 4. The Morgan fingerprint density at radius 3 is 2.84 bits per heavy atom. The minimum Gasteiger partial charge on any atom is -0.379 e. The van der Waals surface area contributed by atoms with Crippen LogP contribution in [-0.4, -0.2) is 34.3 Å². The van der Waals surface area contributed by atoms with Crippen LogP contribution in [0.3, 0.4) is 0 Å². The summed E-state index contributed by atoms with van der Waals surface area (Å²) in [6, 6.07) is 0. The van der Waals surface area contributed by atoms with E-state index in [1.807, 2.05) is 18.5 Å². The van der Waals surface area contributed by atoms with E-state index in [1.165, 1.54) is 0 Å². The predicted molar refractivity (Wildman–Crippen MR) is 76.0 cm³/mol. The van der Waals surface area contributed by atoms with Gasteiger partial charge in [-0.3, -0.25) is 9.48 Å². The quantitative estimate of drug-likeness (QED) is 0.887. The largest absolute Gasteiger partial charge is 0.379 e. The number of nitrogens with two attached hydrogens (primary N) is 1. The molecule has 0 bridgehead atoms. The Bertz CT molecular complexity index is 478. The van der Waals surface area contributed by atoms with Crippen molar-refractivity contribution in [1.29, 1.82) is 0 Å². The monoisotopic (exact) mass is 329 g/mol. The molecule has 0 saturated carbocycles. The second kappa shape index (κ2) is 5.73. The highest BCUT2D eigenvalue weighted by molar-refractivity contribution is 9.10. The Labute approximate surface area is 121 Å². The van der Waals surface area contributed by atoms with Gasteiger partial charge in [0, 0.05) is 13.2 Å². The fraction of sp³-hybridized carbons (Fsp3) is 0.692. The van der Waals surface area contributed by atoms with Crippen LogP contribution in [0.25, 0.3) is 0 Å². The number of aryl methyl sites for hydroxylation is 2. The molecule has 0 radical (unpaired) electrons. The third kappa shape index (κ3) is 2.75. The Morgan fingerprint density at radius 2 is 2.32 bits per heavy atom. The van der Waals surface area contributed by atoms with Crippen molar-refractivity contribution in [3.05, 3.63) is 15.9 Å². The molecular weight excluding hydrogens is 310 g/mol. The summed E-state index contributed by atoms with van der Waals surface area (Å²) in [5, 5.41) is 4.49. The van der Waals surface area contributed by atoms with Crippen molar-refractivity contribution < 1.29 is 9.53 Å². The van der Waals surface area contributed by atoms with Crippen molar-refractivity contribution >= 4 is 21.7 Å². The first-order valence-electron chi connectivity index (χ1n) is 6.65. The third-order valence-corrected chi connectivity index (χ3v) is 4.54. The standard InChI is InChI=1S/C13H20BrN3O2/c1-3-9-12(14)10(17(4-2)16-9)7-11(18)13(15)5-6-19-8-13/h3-8,15H2,1-2H3. The van der Waals surface area contributed by atoms with Crippen molar-refractivity contribution in [3.63, 3.8) is 0 Å². The molecule has 1 atom stereocenters. The average Bonchev–Trinajstić information content (AvgIpc) is 2.96. The molecule has 6 heteroatoms. The maximum absolute atomic E-state index is 12.4. The van der Waals surface area contributed by atoms with Crippen LogP contribution in [0.4, 0.5) is 0 Å². The normalized spacial score (nSPS) is 22.9. The third-order valence-electron chi connectivity index (χ3n) is 3.63. The maximum Gasteiger partial charge on any atom is 0.161 e. The number of hydrogen-bond donors (Lipinski definition) is 1. The Hall–Kier alpha value is -0.720. The van der Waals surface area contributed by atoms with E-state index in [2.05, 4.69) is 21.0 Å². The van der Waals surface area contributed by atoms with E-state index >= 15 is 0 Å². The lowest BCUT2D eigenvalue weighted by Gasteiger charge is -2.20. The van der Waals surface area contributed by atoms with Gasteiger partial charge >= 0.3 is 0 Å². The molecule has 1 aliphatic rings. The maximum atomic E-state index is 12.4. The number of ether oxygens (including phenoxy) is 1. The van der Waals surface area contributed by atoms with Gasteiger partial charge in [0.2, 0.25) is 0 Å². The summed E-state index contributed by atoms with van der Waals surface area (Å²) in [5.74, 6) is 0.0305. The number of carbonyl (C=O) groups excluding carboxylic acids is 1. The highest BCUT2D eigenvalue weighted by Gasteiger charge is 2.38. The summed E-state index contributed by atoms with van der Waals surface area (Å²) in [4.78, 5) is 12.4. The molecule has 106 valence electrons. The van der Waals surface area contributed by atoms with Gasteiger partial charge in [-0.15, -0.1) is 0 Å². The minimum atomic E-state index is -0.825. The van der Waals surface area contributed by atoms with Gasteiger partial charge in [-0.05, 0) is 35.7 Å². The van der Waals surface area contributed by atoms with Crippen LogP contribution in [0.1, 0.15) is 31.7 Å². The van der Waals surface area contributed by atoms with E-state index in [1.54, 1.807) is 0 Å². The molecule has 2 heterocycles. The highest BCUT2D eigenvalue weighted by Crippen LogP contribution is 2.25.